The summed E-state index contributed by atoms with van der Waals surface area (Å²) >= 11 is 0. The Hall–Kier alpha value is -4.02. The molecule has 4 aromatic carbocycles. The molecule has 0 N–H and O–H groups in total. The van der Waals surface area contributed by atoms with Crippen molar-refractivity contribution in [1.29, 1.82) is 0 Å². The summed E-state index contributed by atoms with van der Waals surface area (Å²) in [6.07, 6.45) is 0. The van der Waals surface area contributed by atoms with E-state index in [1.54, 1.807) is 18.1 Å². The van der Waals surface area contributed by atoms with Gasteiger partial charge in [-0.3, -0.25) is 4.79 Å². The fraction of sp³-hybridized carbons (Fsp3) is 0.167. The lowest BCUT2D eigenvalue weighted by molar-refractivity contribution is 0.0753. The number of methoxy groups -OCH3 is 3. The van der Waals surface area contributed by atoms with Crippen LogP contribution in [-0.4, -0.2) is 32.1 Å². The molecule has 7 heteroatoms. The SMILES string of the molecule is COc1ccc(CN2C(=O)c3c(ccc(OC)c3OC)C2P(=O)(c2ccccc2)c2ccccc2)cc1. The Bertz CT molecular complexity index is 1410. The number of benzene rings is 4. The first kappa shape index (κ1) is 24.7. The number of rotatable bonds is 8. The highest BCUT2D eigenvalue weighted by Crippen LogP contribution is 2.63. The Balaban J connectivity index is 1.76. The number of carbonyl (C=O) groups excluding carboxylic acids is 1. The molecule has 37 heavy (non-hydrogen) atoms. The zero-order valence-electron chi connectivity index (χ0n) is 21.0. The average Bonchev–Trinajstić information content (AvgIpc) is 3.24. The minimum atomic E-state index is -3.42. The maximum absolute atomic E-state index is 15.5. The molecule has 1 unspecified atom stereocenters. The predicted octanol–water partition coefficient (Wildman–Crippen LogP) is 5.38. The lowest BCUT2D eigenvalue weighted by Crippen LogP contribution is -2.33. The van der Waals surface area contributed by atoms with Crippen LogP contribution in [0.15, 0.2) is 97.1 Å². The summed E-state index contributed by atoms with van der Waals surface area (Å²) in [7, 11) is 1.24. The van der Waals surface area contributed by atoms with Crippen molar-refractivity contribution in [2.45, 2.75) is 12.3 Å². The molecule has 0 saturated carbocycles. The van der Waals surface area contributed by atoms with Crippen LogP contribution in [0, 0.1) is 0 Å². The molecule has 1 aliphatic heterocycles. The quantitative estimate of drug-likeness (QED) is 0.296. The van der Waals surface area contributed by atoms with Crippen LogP contribution in [0.25, 0.3) is 0 Å². The monoisotopic (exact) mass is 513 g/mol. The van der Waals surface area contributed by atoms with Gasteiger partial charge in [-0.15, -0.1) is 0 Å². The van der Waals surface area contributed by atoms with Crippen LogP contribution in [0.3, 0.4) is 0 Å². The van der Waals surface area contributed by atoms with E-state index in [2.05, 4.69) is 0 Å². The summed E-state index contributed by atoms with van der Waals surface area (Å²) < 4.78 is 32.0. The largest absolute Gasteiger partial charge is 0.497 e. The number of hydrogen-bond donors (Lipinski definition) is 0. The predicted molar refractivity (Wildman–Crippen MR) is 145 cm³/mol. The molecule has 0 radical (unpaired) electrons. The number of nitrogens with zero attached hydrogens (tertiary/aromatic N) is 1. The van der Waals surface area contributed by atoms with Crippen LogP contribution in [0.4, 0.5) is 0 Å². The molecular formula is C30H28NO5P. The summed E-state index contributed by atoms with van der Waals surface area (Å²) in [5, 5.41) is 1.36. The van der Waals surface area contributed by atoms with Gasteiger partial charge in [0.1, 0.15) is 11.5 Å². The lowest BCUT2D eigenvalue weighted by Gasteiger charge is -2.33. The highest BCUT2D eigenvalue weighted by molar-refractivity contribution is 7.79. The van der Waals surface area contributed by atoms with Crippen molar-refractivity contribution < 1.29 is 23.6 Å². The first-order valence-corrected chi connectivity index (χ1v) is 13.7. The Kier molecular flexibility index (Phi) is 6.77. The molecule has 4 aromatic rings. The number of amides is 1. The Labute approximate surface area is 216 Å². The van der Waals surface area contributed by atoms with Crippen LogP contribution >= 0.6 is 7.14 Å². The normalized spacial score (nSPS) is 14.8. The number of hydrogen-bond acceptors (Lipinski definition) is 5. The second kappa shape index (κ2) is 10.2. The van der Waals surface area contributed by atoms with Crippen molar-refractivity contribution in [3.63, 3.8) is 0 Å². The summed E-state index contributed by atoms with van der Waals surface area (Å²) in [4.78, 5) is 15.8. The van der Waals surface area contributed by atoms with E-state index in [9.17, 15) is 4.79 Å². The van der Waals surface area contributed by atoms with Crippen molar-refractivity contribution in [2.75, 3.05) is 21.3 Å². The van der Waals surface area contributed by atoms with Crippen molar-refractivity contribution >= 4 is 23.7 Å². The van der Waals surface area contributed by atoms with E-state index >= 15 is 4.57 Å². The van der Waals surface area contributed by atoms with E-state index in [0.717, 1.165) is 11.3 Å². The summed E-state index contributed by atoms with van der Waals surface area (Å²) in [5.74, 6) is 0.538. The standard InChI is InChI=1S/C30H28NO5P/c1-34-22-16-14-21(15-17-22)20-31-29(32)27-25(18-19-26(35-2)28(27)36-3)30(31)37(33,23-10-6-4-7-11-23)24-12-8-5-9-13-24/h4-19,30H,20H2,1-3H3. The second-order valence-electron chi connectivity index (χ2n) is 8.75. The number of carbonyl (C=O) groups is 1. The van der Waals surface area contributed by atoms with Gasteiger partial charge in [-0.05, 0) is 29.3 Å². The van der Waals surface area contributed by atoms with E-state index in [0.29, 0.717) is 33.2 Å². The summed E-state index contributed by atoms with van der Waals surface area (Å²) in [6, 6.07) is 30.0. The maximum atomic E-state index is 15.5. The highest BCUT2D eigenvalue weighted by Gasteiger charge is 2.50. The molecule has 1 amide bonds. The van der Waals surface area contributed by atoms with Crippen LogP contribution in [-0.2, 0) is 11.1 Å². The molecule has 188 valence electrons. The Morgan fingerprint density at radius 2 is 1.32 bits per heavy atom. The van der Waals surface area contributed by atoms with Gasteiger partial charge in [-0.25, -0.2) is 0 Å². The molecule has 5 rings (SSSR count). The van der Waals surface area contributed by atoms with E-state index in [1.807, 2.05) is 91.0 Å². The topological polar surface area (TPSA) is 65.1 Å². The molecule has 1 aliphatic rings. The van der Waals surface area contributed by atoms with Crippen LogP contribution in [0.1, 0.15) is 27.3 Å². The molecule has 0 spiro atoms. The zero-order chi connectivity index (χ0) is 26.0. The number of fused-ring (bicyclic) bond motifs is 1. The summed E-state index contributed by atoms with van der Waals surface area (Å²) in [6.45, 7) is 0.261. The van der Waals surface area contributed by atoms with Gasteiger partial charge >= 0.3 is 0 Å². The van der Waals surface area contributed by atoms with Crippen molar-refractivity contribution in [2.24, 2.45) is 0 Å². The van der Waals surface area contributed by atoms with E-state index in [-0.39, 0.29) is 12.5 Å². The molecule has 0 aliphatic carbocycles. The molecular weight excluding hydrogens is 485 g/mol. The van der Waals surface area contributed by atoms with Gasteiger partial charge < -0.3 is 23.7 Å². The zero-order valence-corrected chi connectivity index (χ0v) is 21.9. The van der Waals surface area contributed by atoms with Crippen molar-refractivity contribution in [3.05, 3.63) is 114 Å². The third kappa shape index (κ3) is 4.17. The molecule has 6 nitrogen and oxygen atoms in total. The molecule has 0 bridgehead atoms. The Morgan fingerprint density at radius 3 is 1.84 bits per heavy atom. The minimum Gasteiger partial charge on any atom is -0.497 e. The average molecular weight is 514 g/mol. The fourth-order valence-corrected chi connectivity index (χ4v) is 8.29. The smallest absolute Gasteiger partial charge is 0.259 e. The molecule has 0 saturated heterocycles. The third-order valence-electron chi connectivity index (χ3n) is 6.76. The van der Waals surface area contributed by atoms with Gasteiger partial charge in [0, 0.05) is 17.2 Å². The molecule has 1 heterocycles. The van der Waals surface area contributed by atoms with Gasteiger partial charge in [0.15, 0.2) is 18.6 Å². The minimum absolute atomic E-state index is 0.251. The van der Waals surface area contributed by atoms with E-state index in [4.69, 9.17) is 14.2 Å². The molecule has 0 fully saturated rings. The first-order valence-electron chi connectivity index (χ1n) is 11.9. The van der Waals surface area contributed by atoms with E-state index in [1.165, 1.54) is 14.2 Å². The summed E-state index contributed by atoms with van der Waals surface area (Å²) in [5.41, 5.74) is 1.94. The van der Waals surface area contributed by atoms with Gasteiger partial charge in [0.05, 0.1) is 26.9 Å². The molecule has 1 atom stereocenters. The van der Waals surface area contributed by atoms with Crippen molar-refractivity contribution in [1.82, 2.24) is 4.90 Å². The first-order chi connectivity index (χ1) is 18.0. The lowest BCUT2D eigenvalue weighted by atomic mass is 10.1. The van der Waals surface area contributed by atoms with Crippen molar-refractivity contribution in [3.8, 4) is 17.2 Å². The van der Waals surface area contributed by atoms with Gasteiger partial charge in [-0.1, -0.05) is 78.9 Å². The maximum Gasteiger partial charge on any atom is 0.259 e. The van der Waals surface area contributed by atoms with Crippen LogP contribution in [0.2, 0.25) is 0 Å². The highest BCUT2D eigenvalue weighted by atomic mass is 31.2. The number of ether oxygens (including phenoxy) is 3. The van der Waals surface area contributed by atoms with Crippen LogP contribution in [0.5, 0.6) is 17.2 Å². The molecule has 0 aromatic heterocycles. The third-order valence-corrected chi connectivity index (χ3v) is 10.1. The van der Waals surface area contributed by atoms with Gasteiger partial charge in [0.25, 0.3) is 5.91 Å². The van der Waals surface area contributed by atoms with Gasteiger partial charge in [-0.2, -0.15) is 0 Å². The second-order valence-corrected chi connectivity index (χ2v) is 11.6. The fourth-order valence-electron chi connectivity index (χ4n) is 5.01. The van der Waals surface area contributed by atoms with Crippen LogP contribution < -0.4 is 24.8 Å². The van der Waals surface area contributed by atoms with E-state index < -0.39 is 12.9 Å². The Morgan fingerprint density at radius 1 is 0.730 bits per heavy atom. The van der Waals surface area contributed by atoms with Gasteiger partial charge in [0.2, 0.25) is 0 Å².